The minimum Gasteiger partial charge on any atom is -0.496 e. The number of methoxy groups -OCH3 is 1. The molecular weight excluding hydrogens is 875 g/mol. The molecule has 9 aromatic carbocycles. The van der Waals surface area contributed by atoms with Gasteiger partial charge in [-0.25, -0.2) is 4.98 Å². The van der Waals surface area contributed by atoms with E-state index in [4.69, 9.17) is 9.72 Å². The summed E-state index contributed by atoms with van der Waals surface area (Å²) in [6.07, 6.45) is 3.68. The van der Waals surface area contributed by atoms with E-state index in [1.54, 1.807) is 7.11 Å². The number of ether oxygens (including phenoxy) is 1. The zero-order chi connectivity index (χ0) is 48.2. The van der Waals surface area contributed by atoms with Gasteiger partial charge < -0.3 is 4.74 Å². The second-order valence-corrected chi connectivity index (χ2v) is 17.9. The first-order valence-corrected chi connectivity index (χ1v) is 24.3. The molecule has 340 valence electrons. The van der Waals surface area contributed by atoms with Crippen LogP contribution in [0.1, 0.15) is 0 Å². The quantitative estimate of drug-likeness (QED) is 0.130. The Labute approximate surface area is 420 Å². The molecule has 0 saturated heterocycles. The first-order valence-electron chi connectivity index (χ1n) is 24.3. The molecule has 0 aliphatic carbocycles. The zero-order valence-corrected chi connectivity index (χ0v) is 39.7. The van der Waals surface area contributed by atoms with Gasteiger partial charge in [0, 0.05) is 45.6 Å². The van der Waals surface area contributed by atoms with Gasteiger partial charge in [0.25, 0.3) is 0 Å². The monoisotopic (exact) mass is 921 g/mol. The van der Waals surface area contributed by atoms with Gasteiger partial charge in [-0.1, -0.05) is 194 Å². The molecule has 4 heteroatoms. The molecule has 0 N–H and O–H groups in total. The van der Waals surface area contributed by atoms with Crippen molar-refractivity contribution in [2.75, 3.05) is 7.11 Å². The molecule has 0 fully saturated rings. The fourth-order valence-corrected chi connectivity index (χ4v) is 9.98. The molecule has 0 aliphatic heterocycles. The fourth-order valence-electron chi connectivity index (χ4n) is 9.98. The molecule has 0 amide bonds. The molecule has 0 radical (unpaired) electrons. The molecule has 0 aliphatic rings. The smallest absolute Gasteiger partial charge is 0.127 e. The second kappa shape index (κ2) is 19.5. The van der Waals surface area contributed by atoms with E-state index in [0.29, 0.717) is 0 Å². The predicted molar refractivity (Wildman–Crippen MR) is 298 cm³/mol. The number of fused-ring (bicyclic) bond motifs is 1. The Morgan fingerprint density at radius 3 is 1.22 bits per heavy atom. The Balaban J connectivity index is 1.00. The number of rotatable bonds is 11. The van der Waals surface area contributed by atoms with Crippen LogP contribution in [0.5, 0.6) is 5.75 Å². The summed E-state index contributed by atoms with van der Waals surface area (Å²) < 4.78 is 6.31. The topological polar surface area (TPSA) is 47.9 Å². The van der Waals surface area contributed by atoms with Gasteiger partial charge in [-0.15, -0.1) is 0 Å². The van der Waals surface area contributed by atoms with Crippen LogP contribution in [-0.2, 0) is 0 Å². The van der Waals surface area contributed by atoms with Crippen LogP contribution in [0.15, 0.2) is 267 Å². The van der Waals surface area contributed by atoms with Crippen LogP contribution in [0.4, 0.5) is 0 Å². The Morgan fingerprint density at radius 2 is 0.708 bits per heavy atom. The van der Waals surface area contributed by atoms with E-state index in [2.05, 4.69) is 222 Å². The van der Waals surface area contributed by atoms with Gasteiger partial charge in [-0.2, -0.15) is 0 Å². The molecular formula is C68H47N3O. The van der Waals surface area contributed by atoms with Crippen molar-refractivity contribution in [3.8, 4) is 118 Å². The fraction of sp³-hybridized carbons (Fsp3) is 0.0147. The number of aromatic nitrogens is 3. The van der Waals surface area contributed by atoms with Gasteiger partial charge in [0.1, 0.15) is 5.75 Å². The molecule has 0 saturated carbocycles. The lowest BCUT2D eigenvalue weighted by molar-refractivity contribution is 0.416. The van der Waals surface area contributed by atoms with Crippen molar-refractivity contribution in [3.05, 3.63) is 267 Å². The summed E-state index contributed by atoms with van der Waals surface area (Å²) >= 11 is 0. The van der Waals surface area contributed by atoms with Gasteiger partial charge in [0.2, 0.25) is 0 Å². The van der Waals surface area contributed by atoms with Crippen LogP contribution < -0.4 is 4.74 Å². The molecule has 0 atom stereocenters. The number of nitrogens with zero attached hydrogens (tertiary/aromatic N) is 3. The Hall–Kier alpha value is -9.51. The Kier molecular flexibility index (Phi) is 11.8. The lowest BCUT2D eigenvalue weighted by Crippen LogP contribution is -1.95. The minimum atomic E-state index is 0.770. The second-order valence-electron chi connectivity index (χ2n) is 17.9. The highest BCUT2D eigenvalue weighted by Crippen LogP contribution is 2.45. The molecule has 3 aromatic heterocycles. The van der Waals surface area contributed by atoms with E-state index in [1.165, 1.54) is 0 Å². The summed E-state index contributed by atoms with van der Waals surface area (Å²) in [5.41, 5.74) is 21.3. The summed E-state index contributed by atoms with van der Waals surface area (Å²) in [4.78, 5) is 14.5. The van der Waals surface area contributed by atoms with Crippen molar-refractivity contribution in [2.45, 2.75) is 0 Å². The largest absolute Gasteiger partial charge is 0.496 e. The Morgan fingerprint density at radius 1 is 0.278 bits per heavy atom. The molecule has 0 unspecified atom stereocenters. The van der Waals surface area contributed by atoms with Crippen LogP contribution >= 0.6 is 0 Å². The van der Waals surface area contributed by atoms with Crippen molar-refractivity contribution in [1.29, 1.82) is 0 Å². The predicted octanol–water partition coefficient (Wildman–Crippen LogP) is 17.7. The maximum Gasteiger partial charge on any atom is 0.127 e. The first kappa shape index (κ1) is 43.7. The molecule has 3 heterocycles. The van der Waals surface area contributed by atoms with Crippen LogP contribution in [0.3, 0.4) is 0 Å². The normalized spacial score (nSPS) is 11.1. The van der Waals surface area contributed by atoms with Crippen LogP contribution in [0, 0.1) is 0 Å². The third-order valence-corrected chi connectivity index (χ3v) is 13.5. The zero-order valence-electron chi connectivity index (χ0n) is 39.7. The SMILES string of the molecule is COc1cc(-c2cc3ccccc3c(-c3ccccc3)n2)ccc1-c1ccccc1-c1cc(-c2ccccc2-c2ccc(-c3ccccn3)cc2)cc(-c2ccccc2-c2ccc(-c3ccccn3)cc2)c1. The van der Waals surface area contributed by atoms with Crippen molar-refractivity contribution in [2.24, 2.45) is 0 Å². The van der Waals surface area contributed by atoms with Crippen molar-refractivity contribution >= 4 is 10.8 Å². The van der Waals surface area contributed by atoms with Gasteiger partial charge in [-0.05, 0) is 127 Å². The molecule has 4 nitrogen and oxygen atoms in total. The number of pyridine rings is 3. The van der Waals surface area contributed by atoms with Crippen molar-refractivity contribution < 1.29 is 4.74 Å². The first-order chi connectivity index (χ1) is 35.6. The summed E-state index contributed by atoms with van der Waals surface area (Å²) in [6, 6.07) is 90.3. The standard InChI is InChI=1S/C68H47N3O/c1-72-67-45-52(66-44-51-19-5-6-25-61(51)68(71-66)50-17-3-2-4-18-50)37-38-63(67)62-26-12-11-24-60(62)55-42-53(58-22-9-7-20-56(58)46-29-33-48(34-30-46)64-27-13-15-39-69-64)41-54(43-55)59-23-10-8-21-57(59)47-31-35-49(36-32-47)65-28-14-16-40-70-65/h2-45H,1H3. The number of benzene rings is 9. The van der Waals surface area contributed by atoms with Crippen LogP contribution in [0.25, 0.3) is 123 Å². The van der Waals surface area contributed by atoms with Gasteiger partial charge in [0.15, 0.2) is 0 Å². The van der Waals surface area contributed by atoms with E-state index in [1.807, 2.05) is 54.9 Å². The average Bonchev–Trinajstić information content (AvgIpc) is 3.47. The maximum absolute atomic E-state index is 6.31. The number of hydrogen-bond acceptors (Lipinski definition) is 4. The number of hydrogen-bond donors (Lipinski definition) is 0. The van der Waals surface area contributed by atoms with Gasteiger partial charge in [-0.3, -0.25) is 9.97 Å². The van der Waals surface area contributed by atoms with Crippen LogP contribution in [0.2, 0.25) is 0 Å². The molecule has 0 spiro atoms. The highest BCUT2D eigenvalue weighted by Gasteiger charge is 2.19. The summed E-state index contributed by atoms with van der Waals surface area (Å²) in [6.45, 7) is 0. The van der Waals surface area contributed by atoms with Crippen molar-refractivity contribution in [3.63, 3.8) is 0 Å². The third-order valence-electron chi connectivity index (χ3n) is 13.5. The average molecular weight is 922 g/mol. The lowest BCUT2D eigenvalue weighted by atomic mass is 9.86. The molecule has 0 bridgehead atoms. The van der Waals surface area contributed by atoms with E-state index in [-0.39, 0.29) is 0 Å². The summed E-state index contributed by atoms with van der Waals surface area (Å²) in [5.74, 6) is 0.770. The van der Waals surface area contributed by atoms with Gasteiger partial charge in [0.05, 0.1) is 29.9 Å². The Bertz CT molecular complexity index is 3730. The maximum atomic E-state index is 6.31. The van der Waals surface area contributed by atoms with E-state index in [9.17, 15) is 0 Å². The molecule has 12 aromatic rings. The third kappa shape index (κ3) is 8.63. The highest BCUT2D eigenvalue weighted by atomic mass is 16.5. The van der Waals surface area contributed by atoms with Gasteiger partial charge >= 0.3 is 0 Å². The van der Waals surface area contributed by atoms with E-state index < -0.39 is 0 Å². The molecule has 12 rings (SSSR count). The van der Waals surface area contributed by atoms with Crippen molar-refractivity contribution in [1.82, 2.24) is 15.0 Å². The summed E-state index contributed by atoms with van der Waals surface area (Å²) in [5, 5.41) is 2.26. The molecule has 72 heavy (non-hydrogen) atoms. The highest BCUT2D eigenvalue weighted by molar-refractivity contribution is 5.98. The van der Waals surface area contributed by atoms with E-state index in [0.717, 1.165) is 128 Å². The summed E-state index contributed by atoms with van der Waals surface area (Å²) in [7, 11) is 1.76. The van der Waals surface area contributed by atoms with E-state index >= 15 is 0 Å². The minimum absolute atomic E-state index is 0.770. The van der Waals surface area contributed by atoms with Crippen LogP contribution in [-0.4, -0.2) is 22.1 Å². The lowest BCUT2D eigenvalue weighted by Gasteiger charge is -2.19.